The van der Waals surface area contributed by atoms with E-state index < -0.39 is 43.4 Å². The van der Waals surface area contributed by atoms with Crippen molar-refractivity contribution in [3.05, 3.63) is 0 Å². The Labute approximate surface area is 412 Å². The Morgan fingerprint density at radius 1 is 0.343 bits per heavy atom. The SMILES string of the molecule is CCCCCCCCCCOCC(COCCCCCCCCCC)OCC(COC(COCCCCCCCCCC)COCCCCCCCCCC)O[C@@H]1O[C@H](CO)[C@H](O)[C@H](O)[C@H]1O. The van der Waals surface area contributed by atoms with E-state index in [-0.39, 0.29) is 25.4 Å². The maximum atomic E-state index is 11.0. The molecule has 1 heterocycles. The van der Waals surface area contributed by atoms with E-state index in [2.05, 4.69) is 27.7 Å². The lowest BCUT2D eigenvalue weighted by Crippen LogP contribution is -2.60. The van der Waals surface area contributed by atoms with E-state index in [0.29, 0.717) is 52.9 Å². The number of hydrogen-bond acceptors (Lipinski definition) is 12. The van der Waals surface area contributed by atoms with Gasteiger partial charge >= 0.3 is 0 Å². The average Bonchev–Trinajstić information content (AvgIpc) is 3.33. The van der Waals surface area contributed by atoms with Gasteiger partial charge in [0.2, 0.25) is 0 Å². The minimum absolute atomic E-state index is 0.0624. The van der Waals surface area contributed by atoms with Gasteiger partial charge in [0.1, 0.15) is 42.7 Å². The Kier molecular flexibility index (Phi) is 47.3. The lowest BCUT2D eigenvalue weighted by molar-refractivity contribution is -0.318. The van der Waals surface area contributed by atoms with E-state index in [0.717, 1.165) is 51.4 Å². The standard InChI is InChI=1S/C55H110O12/c1-5-9-13-17-21-25-29-33-37-60-42-48(43-61-38-34-30-26-22-18-14-10-6-2)64-46-50(66-55-54(59)53(58)52(57)51(41-56)67-55)47-65-49(44-62-39-35-31-27-23-19-15-11-7-3)45-63-40-36-32-28-24-20-16-12-8-4/h48-59H,5-47H2,1-4H3/t51-,52+,53+,54-,55-/m1/s1. The smallest absolute Gasteiger partial charge is 0.187 e. The molecule has 0 radical (unpaired) electrons. The maximum absolute atomic E-state index is 11.0. The molecule has 0 amide bonds. The Balaban J connectivity index is 2.97. The summed E-state index contributed by atoms with van der Waals surface area (Å²) >= 11 is 0. The molecule has 0 spiro atoms. The number of rotatable bonds is 53. The number of ether oxygens (including phenoxy) is 8. The molecule has 0 aromatic rings. The third-order valence-electron chi connectivity index (χ3n) is 13.0. The second-order valence-electron chi connectivity index (χ2n) is 19.6. The van der Waals surface area contributed by atoms with Crippen LogP contribution in [-0.4, -0.2) is 142 Å². The van der Waals surface area contributed by atoms with Crippen LogP contribution in [0.4, 0.5) is 0 Å². The molecule has 402 valence electrons. The molecule has 0 aliphatic carbocycles. The largest absolute Gasteiger partial charge is 0.394 e. The summed E-state index contributed by atoms with van der Waals surface area (Å²) in [7, 11) is 0. The molecule has 0 aromatic heterocycles. The van der Waals surface area contributed by atoms with Crippen molar-refractivity contribution in [2.24, 2.45) is 0 Å². The van der Waals surface area contributed by atoms with Crippen LogP contribution in [0.3, 0.4) is 0 Å². The van der Waals surface area contributed by atoms with E-state index in [1.807, 2.05) is 0 Å². The fourth-order valence-corrected chi connectivity index (χ4v) is 8.48. The van der Waals surface area contributed by atoms with Gasteiger partial charge in [-0.15, -0.1) is 0 Å². The fourth-order valence-electron chi connectivity index (χ4n) is 8.48. The first-order chi connectivity index (χ1) is 32.9. The summed E-state index contributed by atoms with van der Waals surface area (Å²) < 4.78 is 49.8. The van der Waals surface area contributed by atoms with Gasteiger partial charge in [-0.2, -0.15) is 0 Å². The van der Waals surface area contributed by atoms with Crippen LogP contribution in [0, 0.1) is 0 Å². The summed E-state index contributed by atoms with van der Waals surface area (Å²) in [5, 5.41) is 42.0. The third-order valence-corrected chi connectivity index (χ3v) is 13.0. The normalized spacial score (nSPS) is 18.9. The van der Waals surface area contributed by atoms with Crippen LogP contribution in [0.1, 0.15) is 233 Å². The van der Waals surface area contributed by atoms with Crippen LogP contribution in [0.2, 0.25) is 0 Å². The Hall–Kier alpha value is -0.480. The molecule has 0 saturated carbocycles. The van der Waals surface area contributed by atoms with Crippen LogP contribution in [-0.2, 0) is 37.9 Å². The summed E-state index contributed by atoms with van der Waals surface area (Å²) in [6.45, 7) is 12.6. The van der Waals surface area contributed by atoms with Gasteiger partial charge in [0.05, 0.1) is 46.2 Å². The zero-order valence-electron chi connectivity index (χ0n) is 44.1. The van der Waals surface area contributed by atoms with Crippen molar-refractivity contribution < 1.29 is 58.3 Å². The quantitative estimate of drug-likeness (QED) is 0.0429. The highest BCUT2D eigenvalue weighted by atomic mass is 16.7. The first kappa shape index (κ1) is 64.5. The molecule has 5 atom stereocenters. The predicted molar refractivity (Wildman–Crippen MR) is 272 cm³/mol. The Morgan fingerprint density at radius 3 is 0.910 bits per heavy atom. The lowest BCUT2D eigenvalue weighted by atomic mass is 9.99. The van der Waals surface area contributed by atoms with Gasteiger partial charge in [-0.05, 0) is 25.7 Å². The van der Waals surface area contributed by atoms with E-state index in [9.17, 15) is 20.4 Å². The third kappa shape index (κ3) is 37.9. The molecular weight excluding hydrogens is 853 g/mol. The monoisotopic (exact) mass is 963 g/mol. The molecule has 1 aliphatic rings. The second-order valence-corrected chi connectivity index (χ2v) is 19.6. The van der Waals surface area contributed by atoms with Gasteiger partial charge < -0.3 is 58.3 Å². The molecule has 0 unspecified atom stereocenters. The number of hydrogen-bond donors (Lipinski definition) is 4. The summed E-state index contributed by atoms with van der Waals surface area (Å²) in [6, 6.07) is 0. The molecule has 1 saturated heterocycles. The van der Waals surface area contributed by atoms with Crippen LogP contribution in [0.25, 0.3) is 0 Å². The van der Waals surface area contributed by atoms with Crippen molar-refractivity contribution in [3.8, 4) is 0 Å². The predicted octanol–water partition coefficient (Wildman–Crippen LogP) is 11.6. The maximum Gasteiger partial charge on any atom is 0.187 e. The molecule has 4 N–H and O–H groups in total. The number of aliphatic hydroxyl groups is 4. The topological polar surface area (TPSA) is 155 Å². The highest BCUT2D eigenvalue weighted by Gasteiger charge is 2.45. The molecule has 12 heteroatoms. The Morgan fingerprint density at radius 2 is 0.627 bits per heavy atom. The summed E-state index contributed by atoms with van der Waals surface area (Å²) in [5.74, 6) is 0. The van der Waals surface area contributed by atoms with E-state index in [1.54, 1.807) is 0 Å². The molecule has 1 rings (SSSR count). The molecule has 1 aliphatic heterocycles. The molecular formula is C55H110O12. The van der Waals surface area contributed by atoms with Crippen LogP contribution in [0.15, 0.2) is 0 Å². The van der Waals surface area contributed by atoms with Crippen molar-refractivity contribution in [2.45, 2.75) is 282 Å². The number of unbranched alkanes of at least 4 members (excludes halogenated alkanes) is 28. The second kappa shape index (κ2) is 49.1. The van der Waals surface area contributed by atoms with Crippen molar-refractivity contribution in [1.29, 1.82) is 0 Å². The Bertz CT molecular complexity index is 874. The highest BCUT2D eigenvalue weighted by molar-refractivity contribution is 4.89. The van der Waals surface area contributed by atoms with Gasteiger partial charge in [0.15, 0.2) is 6.29 Å². The molecule has 67 heavy (non-hydrogen) atoms. The van der Waals surface area contributed by atoms with Gasteiger partial charge in [0.25, 0.3) is 0 Å². The van der Waals surface area contributed by atoms with Crippen LogP contribution in [0.5, 0.6) is 0 Å². The van der Waals surface area contributed by atoms with Gasteiger partial charge in [-0.1, -0.05) is 207 Å². The van der Waals surface area contributed by atoms with E-state index in [1.165, 1.54) is 154 Å². The van der Waals surface area contributed by atoms with Gasteiger partial charge in [0, 0.05) is 26.4 Å². The summed E-state index contributed by atoms with van der Waals surface area (Å²) in [5.41, 5.74) is 0. The average molecular weight is 963 g/mol. The zero-order chi connectivity index (χ0) is 48.7. The van der Waals surface area contributed by atoms with Crippen molar-refractivity contribution in [2.75, 3.05) is 72.7 Å². The van der Waals surface area contributed by atoms with E-state index in [4.69, 9.17) is 37.9 Å². The molecule has 12 nitrogen and oxygen atoms in total. The van der Waals surface area contributed by atoms with Crippen LogP contribution < -0.4 is 0 Å². The van der Waals surface area contributed by atoms with Crippen molar-refractivity contribution >= 4 is 0 Å². The van der Waals surface area contributed by atoms with Crippen molar-refractivity contribution in [1.82, 2.24) is 0 Å². The minimum Gasteiger partial charge on any atom is -0.394 e. The molecule has 0 aromatic carbocycles. The van der Waals surface area contributed by atoms with E-state index >= 15 is 0 Å². The molecule has 1 fully saturated rings. The van der Waals surface area contributed by atoms with Crippen molar-refractivity contribution in [3.63, 3.8) is 0 Å². The van der Waals surface area contributed by atoms with Crippen LogP contribution >= 0.6 is 0 Å². The number of aliphatic hydroxyl groups excluding tert-OH is 4. The summed E-state index contributed by atoms with van der Waals surface area (Å²) in [6.07, 6.45) is 30.8. The first-order valence-corrected chi connectivity index (χ1v) is 28.4. The molecule has 0 bridgehead atoms. The summed E-state index contributed by atoms with van der Waals surface area (Å²) in [4.78, 5) is 0. The highest BCUT2D eigenvalue weighted by Crippen LogP contribution is 2.24. The first-order valence-electron chi connectivity index (χ1n) is 28.4. The zero-order valence-corrected chi connectivity index (χ0v) is 44.1. The van der Waals surface area contributed by atoms with Gasteiger partial charge in [-0.3, -0.25) is 0 Å². The minimum atomic E-state index is -1.57. The lowest BCUT2D eigenvalue weighted by Gasteiger charge is -2.41. The van der Waals surface area contributed by atoms with Gasteiger partial charge in [-0.25, -0.2) is 0 Å². The fraction of sp³-hybridized carbons (Fsp3) is 1.00.